The maximum atomic E-state index is 5.29. The van der Waals surface area contributed by atoms with Gasteiger partial charge in [-0.2, -0.15) is 0 Å². The summed E-state index contributed by atoms with van der Waals surface area (Å²) in [5.74, 6) is 0. The number of H-pyrrole nitrogens is 1. The minimum atomic E-state index is 0.452. The molecule has 74 valence electrons. The first-order valence-corrected chi connectivity index (χ1v) is 5.32. The molecule has 0 aliphatic rings. The molecule has 0 amide bonds. The number of rotatable bonds is 3. The molecule has 0 fully saturated rings. The molecule has 0 spiro atoms. The lowest BCUT2D eigenvalue weighted by atomic mass is 10.1. The molecule has 1 aromatic carbocycles. The number of nitrogens with one attached hydrogen (secondary N) is 1. The third-order valence-corrected chi connectivity index (χ3v) is 2.49. The lowest BCUT2D eigenvalue weighted by Gasteiger charge is -1.98. The molecule has 0 saturated carbocycles. The Morgan fingerprint density at radius 3 is 3.07 bits per heavy atom. The van der Waals surface area contributed by atoms with Gasteiger partial charge in [0.05, 0.1) is 5.52 Å². The summed E-state index contributed by atoms with van der Waals surface area (Å²) in [6.45, 7) is 2.20. The fraction of sp³-hybridized carbons (Fsp3) is 0.364. The molecule has 0 atom stereocenters. The molecule has 14 heavy (non-hydrogen) atoms. The van der Waals surface area contributed by atoms with E-state index in [1.165, 1.54) is 18.4 Å². The van der Waals surface area contributed by atoms with E-state index in [9.17, 15) is 0 Å². The first-order chi connectivity index (χ1) is 6.79. The highest BCUT2D eigenvalue weighted by atomic mass is 32.1. The highest BCUT2D eigenvalue weighted by molar-refractivity contribution is 7.71. The summed E-state index contributed by atoms with van der Waals surface area (Å²) in [5.41, 5.74) is 3.19. The second kappa shape index (κ2) is 3.96. The monoisotopic (exact) mass is 207 g/mol. The molecule has 0 unspecified atom stereocenters. The van der Waals surface area contributed by atoms with Crippen LogP contribution < -0.4 is 0 Å². The van der Waals surface area contributed by atoms with E-state index in [2.05, 4.69) is 24.0 Å². The smallest absolute Gasteiger partial charge is 0.266 e. The first-order valence-electron chi connectivity index (χ1n) is 4.91. The van der Waals surface area contributed by atoms with Crippen LogP contribution in [0.1, 0.15) is 25.3 Å². The molecular weight excluding hydrogens is 194 g/mol. The van der Waals surface area contributed by atoms with Crippen molar-refractivity contribution in [2.75, 3.05) is 0 Å². The van der Waals surface area contributed by atoms with Crippen LogP contribution in [0.4, 0.5) is 0 Å². The van der Waals surface area contributed by atoms with Gasteiger partial charge in [-0.05, 0) is 42.8 Å². The molecule has 1 heterocycles. The number of aromatic nitrogens is 1. The average molecular weight is 207 g/mol. The van der Waals surface area contributed by atoms with Crippen LogP contribution in [0.25, 0.3) is 11.1 Å². The largest absolute Gasteiger partial charge is 0.429 e. The zero-order valence-corrected chi connectivity index (χ0v) is 8.99. The van der Waals surface area contributed by atoms with Crippen molar-refractivity contribution in [1.29, 1.82) is 0 Å². The predicted octanol–water partition coefficient (Wildman–Crippen LogP) is 3.83. The van der Waals surface area contributed by atoms with Crippen molar-refractivity contribution in [2.24, 2.45) is 0 Å². The SMILES string of the molecule is CCCCc1ccc2oc(=S)[nH]c2c1. The molecule has 1 aromatic heterocycles. The van der Waals surface area contributed by atoms with Crippen molar-refractivity contribution in [2.45, 2.75) is 26.2 Å². The highest BCUT2D eigenvalue weighted by Crippen LogP contribution is 2.16. The molecular formula is C11H13NOS. The Morgan fingerprint density at radius 2 is 2.29 bits per heavy atom. The third kappa shape index (κ3) is 1.87. The molecule has 0 aliphatic carbocycles. The number of fused-ring (bicyclic) bond motifs is 1. The fourth-order valence-electron chi connectivity index (χ4n) is 1.54. The summed E-state index contributed by atoms with van der Waals surface area (Å²) < 4.78 is 5.29. The summed E-state index contributed by atoms with van der Waals surface area (Å²) in [4.78, 5) is 3.47. The van der Waals surface area contributed by atoms with E-state index < -0.39 is 0 Å². The summed E-state index contributed by atoms with van der Waals surface area (Å²) in [5, 5.41) is 0. The summed E-state index contributed by atoms with van der Waals surface area (Å²) in [6, 6.07) is 6.20. The summed E-state index contributed by atoms with van der Waals surface area (Å²) >= 11 is 4.92. The van der Waals surface area contributed by atoms with Crippen LogP contribution in [0.15, 0.2) is 22.6 Å². The Bertz CT molecular complexity index is 483. The van der Waals surface area contributed by atoms with Crippen molar-refractivity contribution in [3.05, 3.63) is 28.6 Å². The quantitative estimate of drug-likeness (QED) is 0.775. The van der Waals surface area contributed by atoms with Crippen molar-refractivity contribution in [3.63, 3.8) is 0 Å². The average Bonchev–Trinajstić information content (AvgIpc) is 2.54. The van der Waals surface area contributed by atoms with Crippen molar-refractivity contribution in [1.82, 2.24) is 4.98 Å². The first kappa shape index (κ1) is 9.46. The number of hydrogen-bond acceptors (Lipinski definition) is 2. The van der Waals surface area contributed by atoms with Gasteiger partial charge in [0, 0.05) is 0 Å². The zero-order chi connectivity index (χ0) is 9.97. The van der Waals surface area contributed by atoms with Crippen LogP contribution in [0, 0.1) is 4.84 Å². The maximum absolute atomic E-state index is 5.29. The Kier molecular flexibility index (Phi) is 2.68. The van der Waals surface area contributed by atoms with Crippen LogP contribution in [-0.4, -0.2) is 4.98 Å². The highest BCUT2D eigenvalue weighted by Gasteiger charge is 1.99. The minimum absolute atomic E-state index is 0.452. The van der Waals surface area contributed by atoms with Crippen LogP contribution in [0.3, 0.4) is 0 Å². The molecule has 0 radical (unpaired) electrons. The summed E-state index contributed by atoms with van der Waals surface area (Å²) in [7, 11) is 0. The molecule has 2 nitrogen and oxygen atoms in total. The van der Waals surface area contributed by atoms with E-state index in [-0.39, 0.29) is 0 Å². The Balaban J connectivity index is 2.35. The molecule has 1 N–H and O–H groups in total. The Morgan fingerprint density at radius 1 is 1.43 bits per heavy atom. The van der Waals surface area contributed by atoms with Gasteiger partial charge in [0.15, 0.2) is 5.58 Å². The van der Waals surface area contributed by atoms with Crippen LogP contribution in [0.2, 0.25) is 0 Å². The van der Waals surface area contributed by atoms with E-state index >= 15 is 0 Å². The molecule has 0 aliphatic heterocycles. The van der Waals surface area contributed by atoms with Crippen LogP contribution in [0.5, 0.6) is 0 Å². The van der Waals surface area contributed by atoms with Crippen LogP contribution in [-0.2, 0) is 6.42 Å². The molecule has 2 rings (SSSR count). The van der Waals surface area contributed by atoms with Crippen LogP contribution >= 0.6 is 12.2 Å². The molecule has 0 saturated heterocycles. The van der Waals surface area contributed by atoms with Crippen molar-refractivity contribution in [3.8, 4) is 0 Å². The fourth-order valence-corrected chi connectivity index (χ4v) is 1.74. The second-order valence-corrected chi connectivity index (χ2v) is 3.82. The van der Waals surface area contributed by atoms with E-state index in [1.54, 1.807) is 0 Å². The minimum Gasteiger partial charge on any atom is -0.429 e. The Labute approximate surface area is 87.9 Å². The van der Waals surface area contributed by atoms with Gasteiger partial charge in [0.2, 0.25) is 0 Å². The standard InChI is InChI=1S/C11H13NOS/c1-2-3-4-8-5-6-10-9(7-8)12-11(14)13-10/h5-7H,2-4H2,1H3,(H,12,14). The van der Waals surface area contributed by atoms with Gasteiger partial charge in [-0.25, -0.2) is 0 Å². The Hall–Kier alpha value is -1.09. The van der Waals surface area contributed by atoms with E-state index in [0.29, 0.717) is 4.84 Å². The van der Waals surface area contributed by atoms with E-state index in [0.717, 1.165) is 17.5 Å². The number of aryl methyl sites for hydroxylation is 1. The second-order valence-electron chi connectivity index (χ2n) is 3.45. The van der Waals surface area contributed by atoms with Gasteiger partial charge in [-0.3, -0.25) is 0 Å². The van der Waals surface area contributed by atoms with Gasteiger partial charge in [-0.15, -0.1) is 0 Å². The molecule has 3 heteroatoms. The van der Waals surface area contributed by atoms with Gasteiger partial charge in [0.1, 0.15) is 0 Å². The van der Waals surface area contributed by atoms with Crippen molar-refractivity contribution >= 4 is 23.3 Å². The van der Waals surface area contributed by atoms with Gasteiger partial charge < -0.3 is 9.40 Å². The van der Waals surface area contributed by atoms with Gasteiger partial charge in [0.25, 0.3) is 4.84 Å². The lowest BCUT2D eigenvalue weighted by molar-refractivity contribution is 0.583. The maximum Gasteiger partial charge on any atom is 0.266 e. The molecule has 2 aromatic rings. The number of hydrogen-bond donors (Lipinski definition) is 1. The lowest BCUT2D eigenvalue weighted by Crippen LogP contribution is -1.83. The number of oxazole rings is 1. The number of unbranched alkanes of at least 4 members (excludes halogenated alkanes) is 1. The van der Waals surface area contributed by atoms with E-state index in [1.807, 2.05) is 6.07 Å². The topological polar surface area (TPSA) is 28.9 Å². The predicted molar refractivity (Wildman–Crippen MR) is 60.0 cm³/mol. The normalized spacial score (nSPS) is 10.9. The zero-order valence-electron chi connectivity index (χ0n) is 8.17. The summed E-state index contributed by atoms with van der Waals surface area (Å²) in [6.07, 6.45) is 3.57. The van der Waals surface area contributed by atoms with Gasteiger partial charge in [-0.1, -0.05) is 19.4 Å². The number of aromatic amines is 1. The number of benzene rings is 1. The molecule has 0 bridgehead atoms. The van der Waals surface area contributed by atoms with Gasteiger partial charge >= 0.3 is 0 Å². The van der Waals surface area contributed by atoms with Crippen molar-refractivity contribution < 1.29 is 4.42 Å². The third-order valence-electron chi connectivity index (χ3n) is 2.30. The van der Waals surface area contributed by atoms with E-state index in [4.69, 9.17) is 16.6 Å².